The molecule has 1 aliphatic heterocycles. The van der Waals surface area contributed by atoms with Crippen LogP contribution in [0.15, 0.2) is 18.2 Å². The molecule has 0 atom stereocenters. The third kappa shape index (κ3) is 2.55. The van der Waals surface area contributed by atoms with Gasteiger partial charge >= 0.3 is 0 Å². The summed E-state index contributed by atoms with van der Waals surface area (Å²) >= 11 is 0. The van der Waals surface area contributed by atoms with E-state index in [1.54, 1.807) is 4.90 Å². The molecule has 0 aromatic heterocycles. The molecule has 1 aromatic carbocycles. The SMILES string of the molecule is O=C1CNCCN1Cc1cc(F)cc(F)c1. The molecule has 0 bridgehead atoms. The maximum Gasteiger partial charge on any atom is 0.236 e. The lowest BCUT2D eigenvalue weighted by Crippen LogP contribution is -2.47. The smallest absolute Gasteiger partial charge is 0.236 e. The highest BCUT2D eigenvalue weighted by molar-refractivity contribution is 5.78. The molecule has 5 heteroatoms. The summed E-state index contributed by atoms with van der Waals surface area (Å²) in [7, 11) is 0. The minimum Gasteiger partial charge on any atom is -0.336 e. The van der Waals surface area contributed by atoms with Crippen molar-refractivity contribution in [2.24, 2.45) is 0 Å². The second-order valence-corrected chi connectivity index (χ2v) is 3.77. The van der Waals surface area contributed by atoms with Crippen LogP contribution in [0, 0.1) is 11.6 Å². The van der Waals surface area contributed by atoms with Crippen molar-refractivity contribution in [1.29, 1.82) is 0 Å². The van der Waals surface area contributed by atoms with Crippen molar-refractivity contribution < 1.29 is 13.6 Å². The van der Waals surface area contributed by atoms with E-state index in [1.807, 2.05) is 0 Å². The summed E-state index contributed by atoms with van der Waals surface area (Å²) < 4.78 is 25.8. The lowest BCUT2D eigenvalue weighted by molar-refractivity contribution is -0.132. The molecule has 86 valence electrons. The maximum atomic E-state index is 12.9. The van der Waals surface area contributed by atoms with Crippen LogP contribution in [-0.4, -0.2) is 30.4 Å². The van der Waals surface area contributed by atoms with Crippen LogP contribution in [-0.2, 0) is 11.3 Å². The van der Waals surface area contributed by atoms with E-state index < -0.39 is 11.6 Å². The summed E-state index contributed by atoms with van der Waals surface area (Å²) in [5, 5.41) is 2.93. The Kier molecular flexibility index (Phi) is 3.14. The Morgan fingerprint density at radius 2 is 1.94 bits per heavy atom. The molecule has 1 fully saturated rings. The van der Waals surface area contributed by atoms with E-state index in [4.69, 9.17) is 0 Å². The van der Waals surface area contributed by atoms with Crippen molar-refractivity contribution >= 4 is 5.91 Å². The third-order valence-corrected chi connectivity index (χ3v) is 2.48. The first kappa shape index (κ1) is 11.0. The van der Waals surface area contributed by atoms with Gasteiger partial charge in [0.05, 0.1) is 6.54 Å². The number of amides is 1. The molecule has 0 radical (unpaired) electrons. The molecule has 0 spiro atoms. The van der Waals surface area contributed by atoms with Gasteiger partial charge in [-0.25, -0.2) is 8.78 Å². The zero-order valence-electron chi connectivity index (χ0n) is 8.67. The standard InChI is InChI=1S/C11H12F2N2O/c12-9-3-8(4-10(13)5-9)7-15-2-1-14-6-11(15)16/h3-5,14H,1-2,6-7H2. The van der Waals surface area contributed by atoms with Gasteiger partial charge in [-0.15, -0.1) is 0 Å². The lowest BCUT2D eigenvalue weighted by Gasteiger charge is -2.27. The number of nitrogens with one attached hydrogen (secondary N) is 1. The second kappa shape index (κ2) is 4.57. The molecule has 1 heterocycles. The number of halogens is 2. The topological polar surface area (TPSA) is 32.3 Å². The van der Waals surface area contributed by atoms with Gasteiger partial charge in [-0.3, -0.25) is 4.79 Å². The number of rotatable bonds is 2. The van der Waals surface area contributed by atoms with E-state index >= 15 is 0 Å². The molecule has 1 saturated heterocycles. The maximum absolute atomic E-state index is 12.9. The summed E-state index contributed by atoms with van der Waals surface area (Å²) in [6.07, 6.45) is 0. The van der Waals surface area contributed by atoms with Crippen LogP contribution < -0.4 is 5.32 Å². The minimum atomic E-state index is -0.613. The second-order valence-electron chi connectivity index (χ2n) is 3.77. The van der Waals surface area contributed by atoms with E-state index in [1.165, 1.54) is 12.1 Å². The predicted octanol–water partition coefficient (Wildman–Crippen LogP) is 0.897. The van der Waals surface area contributed by atoms with Gasteiger partial charge in [-0.2, -0.15) is 0 Å². The number of hydrogen-bond donors (Lipinski definition) is 1. The quantitative estimate of drug-likeness (QED) is 0.812. The molecule has 0 saturated carbocycles. The van der Waals surface area contributed by atoms with Crippen LogP contribution >= 0.6 is 0 Å². The number of nitrogens with zero attached hydrogens (tertiary/aromatic N) is 1. The van der Waals surface area contributed by atoms with Crippen molar-refractivity contribution in [3.8, 4) is 0 Å². The summed E-state index contributed by atoms with van der Waals surface area (Å²) in [6, 6.07) is 3.32. The van der Waals surface area contributed by atoms with E-state index in [-0.39, 0.29) is 19.0 Å². The molecular formula is C11H12F2N2O. The van der Waals surface area contributed by atoms with Gasteiger partial charge in [-0.1, -0.05) is 0 Å². The molecule has 1 aromatic rings. The molecule has 0 unspecified atom stereocenters. The van der Waals surface area contributed by atoms with Crippen molar-refractivity contribution in [3.63, 3.8) is 0 Å². The molecule has 1 amide bonds. The van der Waals surface area contributed by atoms with Gasteiger partial charge in [0.1, 0.15) is 11.6 Å². The highest BCUT2D eigenvalue weighted by atomic mass is 19.1. The normalized spacial score (nSPS) is 16.6. The average Bonchev–Trinajstić information content (AvgIpc) is 2.20. The molecule has 3 nitrogen and oxygen atoms in total. The highest BCUT2D eigenvalue weighted by Gasteiger charge is 2.17. The average molecular weight is 226 g/mol. The van der Waals surface area contributed by atoms with Gasteiger partial charge in [0.15, 0.2) is 0 Å². The van der Waals surface area contributed by atoms with E-state index in [0.29, 0.717) is 18.7 Å². The summed E-state index contributed by atoms with van der Waals surface area (Å²) in [4.78, 5) is 13.0. The molecule has 1 N–H and O–H groups in total. The van der Waals surface area contributed by atoms with Gasteiger partial charge in [0, 0.05) is 25.7 Å². The number of carbonyl (C=O) groups excluding carboxylic acids is 1. The number of piperazine rings is 1. The predicted molar refractivity (Wildman–Crippen MR) is 54.6 cm³/mol. The first-order chi connectivity index (χ1) is 7.65. The fourth-order valence-electron chi connectivity index (χ4n) is 1.74. The fraction of sp³-hybridized carbons (Fsp3) is 0.364. The number of carbonyl (C=O) groups is 1. The summed E-state index contributed by atoms with van der Waals surface area (Å²) in [5.41, 5.74) is 0.479. The Balaban J connectivity index is 2.10. The minimum absolute atomic E-state index is 0.0454. The highest BCUT2D eigenvalue weighted by Crippen LogP contribution is 2.11. The van der Waals surface area contributed by atoms with Crippen LogP contribution in [0.4, 0.5) is 8.78 Å². The number of benzene rings is 1. The molecule has 0 aliphatic carbocycles. The molecular weight excluding hydrogens is 214 g/mol. The van der Waals surface area contributed by atoms with Crippen molar-refractivity contribution in [2.45, 2.75) is 6.54 Å². The van der Waals surface area contributed by atoms with E-state index in [9.17, 15) is 13.6 Å². The first-order valence-corrected chi connectivity index (χ1v) is 5.08. The van der Waals surface area contributed by atoms with Crippen molar-refractivity contribution in [2.75, 3.05) is 19.6 Å². The van der Waals surface area contributed by atoms with Gasteiger partial charge in [0.25, 0.3) is 0 Å². The largest absolute Gasteiger partial charge is 0.336 e. The summed E-state index contributed by atoms with van der Waals surface area (Å²) in [5.74, 6) is -1.27. The Morgan fingerprint density at radius 1 is 1.25 bits per heavy atom. The fourth-order valence-corrected chi connectivity index (χ4v) is 1.74. The van der Waals surface area contributed by atoms with Crippen LogP contribution in [0.3, 0.4) is 0 Å². The van der Waals surface area contributed by atoms with Crippen LogP contribution in [0.1, 0.15) is 5.56 Å². The van der Waals surface area contributed by atoms with Crippen molar-refractivity contribution in [3.05, 3.63) is 35.4 Å². The summed E-state index contributed by atoms with van der Waals surface area (Å²) in [6.45, 7) is 1.83. The van der Waals surface area contributed by atoms with Crippen LogP contribution in [0.2, 0.25) is 0 Å². The van der Waals surface area contributed by atoms with Crippen molar-refractivity contribution in [1.82, 2.24) is 10.2 Å². The Hall–Kier alpha value is -1.49. The Bertz CT molecular complexity index is 389. The van der Waals surface area contributed by atoms with Gasteiger partial charge < -0.3 is 10.2 Å². The van der Waals surface area contributed by atoms with Crippen LogP contribution in [0.25, 0.3) is 0 Å². The lowest BCUT2D eigenvalue weighted by atomic mass is 10.2. The van der Waals surface area contributed by atoms with Crippen LogP contribution in [0.5, 0.6) is 0 Å². The molecule has 2 rings (SSSR count). The first-order valence-electron chi connectivity index (χ1n) is 5.08. The van der Waals surface area contributed by atoms with E-state index in [0.717, 1.165) is 6.07 Å². The number of hydrogen-bond acceptors (Lipinski definition) is 2. The molecule has 16 heavy (non-hydrogen) atoms. The Morgan fingerprint density at radius 3 is 2.56 bits per heavy atom. The zero-order valence-corrected chi connectivity index (χ0v) is 8.67. The zero-order chi connectivity index (χ0) is 11.5. The Labute approximate surface area is 92.1 Å². The van der Waals surface area contributed by atoms with Gasteiger partial charge in [-0.05, 0) is 17.7 Å². The van der Waals surface area contributed by atoms with E-state index in [2.05, 4.69) is 5.32 Å². The molecule has 1 aliphatic rings. The van der Waals surface area contributed by atoms with Gasteiger partial charge in [0.2, 0.25) is 5.91 Å². The third-order valence-electron chi connectivity index (χ3n) is 2.48. The monoisotopic (exact) mass is 226 g/mol.